The van der Waals surface area contributed by atoms with E-state index in [0.29, 0.717) is 30.6 Å². The van der Waals surface area contributed by atoms with E-state index in [1.807, 2.05) is 31.2 Å². The van der Waals surface area contributed by atoms with Gasteiger partial charge in [0.15, 0.2) is 5.82 Å². The van der Waals surface area contributed by atoms with Crippen molar-refractivity contribution in [2.75, 3.05) is 24.3 Å². The smallest absolute Gasteiger partial charge is 0.411 e. The van der Waals surface area contributed by atoms with E-state index < -0.39 is 17.7 Å². The second-order valence-electron chi connectivity index (χ2n) is 10.5. The lowest BCUT2D eigenvalue weighted by Gasteiger charge is -2.35. The summed E-state index contributed by atoms with van der Waals surface area (Å²) in [7, 11) is 1.27. The molecule has 2 heterocycles. The molecule has 0 fully saturated rings. The van der Waals surface area contributed by atoms with Crippen LogP contribution in [0.4, 0.5) is 25.0 Å². The number of amides is 3. The van der Waals surface area contributed by atoms with E-state index in [2.05, 4.69) is 10.6 Å². The Bertz CT molecular complexity index is 1590. The van der Waals surface area contributed by atoms with Crippen molar-refractivity contribution in [3.05, 3.63) is 88.5 Å². The first-order chi connectivity index (χ1) is 20.2. The van der Waals surface area contributed by atoms with E-state index >= 15 is 0 Å². The largest absolute Gasteiger partial charge is 0.453 e. The highest BCUT2D eigenvalue weighted by molar-refractivity contribution is 6.31. The number of halogens is 3. The molecule has 5 rings (SSSR count). The number of anilines is 2. The monoisotopic (exact) mass is 593 g/mol. The van der Waals surface area contributed by atoms with Crippen LogP contribution in [0, 0.1) is 17.6 Å². The van der Waals surface area contributed by atoms with Crippen molar-refractivity contribution in [1.29, 1.82) is 0 Å². The second kappa shape index (κ2) is 12.3. The van der Waals surface area contributed by atoms with Crippen LogP contribution in [-0.2, 0) is 14.3 Å². The SMILES string of the molecule is COC(=O)Nc1ccc2c(c1)NC(=O)C(C)CCCC(N1CCC(c3c(F)ccc(Cl)c3F)=CC1=O)c1cccc-2c1. The Hall–Kier alpha value is -4.24. The first-order valence-corrected chi connectivity index (χ1v) is 14.1. The predicted molar refractivity (Wildman–Crippen MR) is 158 cm³/mol. The van der Waals surface area contributed by atoms with Gasteiger partial charge in [-0.15, -0.1) is 0 Å². The number of nitrogens with one attached hydrogen (secondary N) is 2. The topological polar surface area (TPSA) is 87.7 Å². The van der Waals surface area contributed by atoms with E-state index in [1.54, 1.807) is 23.1 Å². The highest BCUT2D eigenvalue weighted by Crippen LogP contribution is 2.38. The molecular formula is C32H30ClF2N3O4. The zero-order valence-electron chi connectivity index (χ0n) is 23.2. The van der Waals surface area contributed by atoms with Crippen LogP contribution < -0.4 is 10.6 Å². The van der Waals surface area contributed by atoms with Crippen molar-refractivity contribution in [1.82, 2.24) is 4.90 Å². The van der Waals surface area contributed by atoms with Gasteiger partial charge in [-0.1, -0.05) is 49.2 Å². The van der Waals surface area contributed by atoms with Gasteiger partial charge in [-0.05, 0) is 66.3 Å². The number of carbonyl (C=O) groups excluding carboxylic acids is 3. The average Bonchev–Trinajstić information content (AvgIpc) is 2.97. The maximum absolute atomic E-state index is 14.7. The summed E-state index contributed by atoms with van der Waals surface area (Å²) in [6, 6.07) is 14.9. The van der Waals surface area contributed by atoms with Crippen LogP contribution in [0.3, 0.4) is 0 Å². The van der Waals surface area contributed by atoms with Gasteiger partial charge < -0.3 is 15.0 Å². The van der Waals surface area contributed by atoms with E-state index in [-0.39, 0.29) is 52.9 Å². The summed E-state index contributed by atoms with van der Waals surface area (Å²) in [5.41, 5.74) is 3.45. The maximum Gasteiger partial charge on any atom is 0.411 e. The highest BCUT2D eigenvalue weighted by atomic mass is 35.5. The maximum atomic E-state index is 14.7. The molecule has 3 aromatic carbocycles. The van der Waals surface area contributed by atoms with Gasteiger partial charge in [0.2, 0.25) is 11.8 Å². The van der Waals surface area contributed by atoms with Gasteiger partial charge in [-0.2, -0.15) is 0 Å². The van der Waals surface area contributed by atoms with Crippen LogP contribution >= 0.6 is 11.6 Å². The molecule has 2 atom stereocenters. The molecule has 2 bridgehead atoms. The summed E-state index contributed by atoms with van der Waals surface area (Å²) in [5, 5.41) is 5.43. The summed E-state index contributed by atoms with van der Waals surface area (Å²) in [5.74, 6) is -2.46. The molecule has 0 saturated heterocycles. The van der Waals surface area contributed by atoms with Crippen LogP contribution in [0.25, 0.3) is 16.7 Å². The standard InChI is InChI=1S/C32H30ClF2N3O4/c1-18-5-3-8-27(38-14-13-21(16-28(38)39)29-25(34)12-11-24(33)30(29)35)20-7-4-6-19(15-20)23-10-9-22(36-32(41)42-2)17-26(23)37-31(18)40/h4,6-7,9-12,15-18,27H,3,5,8,13-14H2,1-2H3,(H,36,41)(H,37,40). The Morgan fingerprint density at radius 1 is 1.10 bits per heavy atom. The third-order valence-corrected chi connectivity index (χ3v) is 8.09. The fraction of sp³-hybridized carbons (Fsp3) is 0.281. The Balaban J connectivity index is 1.52. The van der Waals surface area contributed by atoms with Crippen LogP contribution in [0.15, 0.2) is 60.7 Å². The van der Waals surface area contributed by atoms with E-state index in [4.69, 9.17) is 16.3 Å². The summed E-state index contributed by atoms with van der Waals surface area (Å²) in [6.07, 6.45) is 2.77. The molecule has 0 radical (unpaired) electrons. The number of hydrogen-bond acceptors (Lipinski definition) is 4. The molecule has 7 nitrogen and oxygen atoms in total. The number of ether oxygens (including phenoxy) is 1. The minimum Gasteiger partial charge on any atom is -0.453 e. The summed E-state index contributed by atoms with van der Waals surface area (Å²) < 4.78 is 34.0. The van der Waals surface area contributed by atoms with Gasteiger partial charge in [-0.3, -0.25) is 14.9 Å². The Kier molecular flexibility index (Phi) is 8.59. The quantitative estimate of drug-likeness (QED) is 0.306. The Labute approximate surface area is 247 Å². The van der Waals surface area contributed by atoms with Crippen molar-refractivity contribution in [2.24, 2.45) is 5.92 Å². The number of carbonyl (C=O) groups is 3. The highest BCUT2D eigenvalue weighted by Gasteiger charge is 2.30. The Morgan fingerprint density at radius 3 is 2.67 bits per heavy atom. The van der Waals surface area contributed by atoms with Crippen molar-refractivity contribution < 1.29 is 27.9 Å². The number of fused-ring (bicyclic) bond motifs is 4. The third kappa shape index (κ3) is 6.01. The molecule has 2 unspecified atom stereocenters. The van der Waals surface area contributed by atoms with Crippen molar-refractivity contribution in [2.45, 2.75) is 38.6 Å². The number of hydrogen-bond donors (Lipinski definition) is 2. The number of nitrogens with zero attached hydrogens (tertiary/aromatic N) is 1. The lowest BCUT2D eigenvalue weighted by atomic mass is 9.90. The Morgan fingerprint density at radius 2 is 1.90 bits per heavy atom. The van der Waals surface area contributed by atoms with Gasteiger partial charge in [0, 0.05) is 29.8 Å². The lowest BCUT2D eigenvalue weighted by Crippen LogP contribution is -2.37. The normalized spacial score (nSPS) is 19.1. The average molecular weight is 594 g/mol. The molecule has 10 heteroatoms. The van der Waals surface area contributed by atoms with Crippen molar-refractivity contribution in [3.8, 4) is 11.1 Å². The molecule has 0 aromatic heterocycles. The zero-order valence-corrected chi connectivity index (χ0v) is 23.9. The van der Waals surface area contributed by atoms with E-state index in [0.717, 1.165) is 28.8 Å². The molecule has 3 amide bonds. The second-order valence-corrected chi connectivity index (χ2v) is 10.9. The predicted octanol–water partition coefficient (Wildman–Crippen LogP) is 7.58. The minimum absolute atomic E-state index is 0.160. The van der Waals surface area contributed by atoms with Gasteiger partial charge in [-0.25, -0.2) is 13.6 Å². The molecule has 3 aromatic rings. The summed E-state index contributed by atoms with van der Waals surface area (Å²) in [6.45, 7) is 2.11. The molecular weight excluding hydrogens is 564 g/mol. The fourth-order valence-electron chi connectivity index (χ4n) is 5.55. The van der Waals surface area contributed by atoms with Gasteiger partial charge in [0.25, 0.3) is 0 Å². The molecule has 2 aliphatic rings. The lowest BCUT2D eigenvalue weighted by molar-refractivity contribution is -0.129. The molecule has 2 N–H and O–H groups in total. The van der Waals surface area contributed by atoms with Crippen LogP contribution in [0.2, 0.25) is 5.02 Å². The summed E-state index contributed by atoms with van der Waals surface area (Å²) in [4.78, 5) is 40.1. The zero-order chi connectivity index (χ0) is 30.0. The van der Waals surface area contributed by atoms with Crippen LogP contribution in [-0.4, -0.2) is 36.5 Å². The minimum atomic E-state index is -0.876. The molecule has 2 aliphatic heterocycles. The number of rotatable bonds is 3. The molecule has 42 heavy (non-hydrogen) atoms. The summed E-state index contributed by atoms with van der Waals surface area (Å²) >= 11 is 5.90. The van der Waals surface area contributed by atoms with Crippen molar-refractivity contribution >= 4 is 46.5 Å². The van der Waals surface area contributed by atoms with Crippen LogP contribution in [0.1, 0.15) is 49.8 Å². The first-order valence-electron chi connectivity index (χ1n) is 13.7. The molecule has 0 aliphatic carbocycles. The van der Waals surface area contributed by atoms with Crippen LogP contribution in [0.5, 0.6) is 0 Å². The van der Waals surface area contributed by atoms with Gasteiger partial charge in [0.05, 0.1) is 29.4 Å². The number of methoxy groups -OCH3 is 1. The third-order valence-electron chi connectivity index (χ3n) is 7.80. The molecule has 0 saturated carbocycles. The van der Waals surface area contributed by atoms with Crippen molar-refractivity contribution in [3.63, 3.8) is 0 Å². The fourth-order valence-corrected chi connectivity index (χ4v) is 5.71. The molecule has 218 valence electrons. The van der Waals surface area contributed by atoms with Gasteiger partial charge in [0.1, 0.15) is 5.82 Å². The molecule has 0 spiro atoms. The van der Waals surface area contributed by atoms with E-state index in [9.17, 15) is 23.2 Å². The van der Waals surface area contributed by atoms with E-state index in [1.165, 1.54) is 13.2 Å². The number of benzene rings is 3. The van der Waals surface area contributed by atoms with Gasteiger partial charge >= 0.3 is 6.09 Å². The first kappa shape index (κ1) is 29.3.